The minimum atomic E-state index is 0.0355. The second-order valence-electron chi connectivity index (χ2n) is 6.00. The molecule has 2 rings (SSSR count). The van der Waals surface area contributed by atoms with Crippen molar-refractivity contribution in [2.45, 2.75) is 45.1 Å². The summed E-state index contributed by atoms with van der Waals surface area (Å²) in [6.45, 7) is 6.87. The Morgan fingerprint density at radius 3 is 2.56 bits per heavy atom. The van der Waals surface area contributed by atoms with Crippen molar-refractivity contribution < 1.29 is 4.79 Å². The first-order chi connectivity index (χ1) is 8.47. The lowest BCUT2D eigenvalue weighted by Gasteiger charge is -2.23. The number of para-hydroxylation sites is 1. The van der Waals surface area contributed by atoms with Crippen LogP contribution in [0.15, 0.2) is 24.3 Å². The van der Waals surface area contributed by atoms with E-state index >= 15 is 0 Å². The molecule has 0 bridgehead atoms. The Kier molecular flexibility index (Phi) is 3.71. The molecule has 1 aromatic rings. The first kappa shape index (κ1) is 13.1. The van der Waals surface area contributed by atoms with Gasteiger partial charge in [0.2, 0.25) is 5.91 Å². The van der Waals surface area contributed by atoms with Gasteiger partial charge in [0.1, 0.15) is 0 Å². The zero-order valence-corrected chi connectivity index (χ0v) is 11.4. The maximum Gasteiger partial charge on any atom is 0.238 e. The summed E-state index contributed by atoms with van der Waals surface area (Å²) in [5.74, 6) is 0.0404. The Balaban J connectivity index is 2.01. The highest BCUT2D eigenvalue weighted by Gasteiger charge is 2.22. The maximum atomic E-state index is 11.9. The van der Waals surface area contributed by atoms with Crippen molar-refractivity contribution in [3.05, 3.63) is 29.8 Å². The predicted molar refractivity (Wildman–Crippen MR) is 74.8 cm³/mol. The minimum Gasteiger partial charge on any atom is -0.325 e. The van der Waals surface area contributed by atoms with Crippen LogP contribution in [0.1, 0.15) is 39.2 Å². The smallest absolute Gasteiger partial charge is 0.238 e. The van der Waals surface area contributed by atoms with Gasteiger partial charge in [0.05, 0.1) is 6.54 Å². The van der Waals surface area contributed by atoms with Crippen LogP contribution in [0.5, 0.6) is 0 Å². The lowest BCUT2D eigenvalue weighted by Crippen LogP contribution is -2.30. The second-order valence-corrected chi connectivity index (χ2v) is 6.00. The standard InChI is InChI=1S/C15H22N2O/c1-15(2,3)12-6-4-5-7-13(12)17-14(18)10-16-11-8-9-11/h4-7,11,16H,8-10H2,1-3H3,(H,17,18). The van der Waals surface area contributed by atoms with Crippen LogP contribution >= 0.6 is 0 Å². The molecule has 18 heavy (non-hydrogen) atoms. The third-order valence-corrected chi connectivity index (χ3v) is 3.14. The Morgan fingerprint density at radius 2 is 1.94 bits per heavy atom. The SMILES string of the molecule is CC(C)(C)c1ccccc1NC(=O)CNC1CC1. The van der Waals surface area contributed by atoms with Crippen LogP contribution in [0, 0.1) is 0 Å². The number of hydrogen-bond donors (Lipinski definition) is 2. The Morgan fingerprint density at radius 1 is 1.28 bits per heavy atom. The molecule has 0 aliphatic heterocycles. The molecule has 3 heteroatoms. The van der Waals surface area contributed by atoms with Crippen molar-refractivity contribution in [1.29, 1.82) is 0 Å². The van der Waals surface area contributed by atoms with Crippen molar-refractivity contribution in [2.75, 3.05) is 11.9 Å². The summed E-state index contributed by atoms with van der Waals surface area (Å²) in [7, 11) is 0. The third kappa shape index (κ3) is 3.57. The van der Waals surface area contributed by atoms with Crippen LogP contribution in [0.3, 0.4) is 0 Å². The van der Waals surface area contributed by atoms with E-state index in [-0.39, 0.29) is 11.3 Å². The highest BCUT2D eigenvalue weighted by Crippen LogP contribution is 2.29. The molecule has 0 unspecified atom stereocenters. The third-order valence-electron chi connectivity index (χ3n) is 3.14. The molecular weight excluding hydrogens is 224 g/mol. The molecule has 0 saturated heterocycles. The highest BCUT2D eigenvalue weighted by atomic mass is 16.1. The van der Waals surface area contributed by atoms with Crippen molar-refractivity contribution in [3.63, 3.8) is 0 Å². The van der Waals surface area contributed by atoms with Gasteiger partial charge in [-0.25, -0.2) is 0 Å². The van der Waals surface area contributed by atoms with Crippen LogP contribution in [0.4, 0.5) is 5.69 Å². The van der Waals surface area contributed by atoms with E-state index in [4.69, 9.17) is 0 Å². The van der Waals surface area contributed by atoms with Gasteiger partial charge in [-0.2, -0.15) is 0 Å². The van der Waals surface area contributed by atoms with Gasteiger partial charge < -0.3 is 10.6 Å². The van der Waals surface area contributed by atoms with E-state index in [0.29, 0.717) is 12.6 Å². The normalized spacial score (nSPS) is 15.5. The first-order valence-electron chi connectivity index (χ1n) is 6.59. The molecule has 1 aliphatic rings. The topological polar surface area (TPSA) is 41.1 Å². The molecule has 0 spiro atoms. The summed E-state index contributed by atoms with van der Waals surface area (Å²) in [4.78, 5) is 11.9. The number of amides is 1. The van der Waals surface area contributed by atoms with Gasteiger partial charge in [-0.3, -0.25) is 4.79 Å². The van der Waals surface area contributed by atoms with E-state index in [1.165, 1.54) is 18.4 Å². The van der Waals surface area contributed by atoms with Crippen molar-refractivity contribution in [3.8, 4) is 0 Å². The van der Waals surface area contributed by atoms with Gasteiger partial charge in [0, 0.05) is 11.7 Å². The summed E-state index contributed by atoms with van der Waals surface area (Å²) in [6, 6.07) is 8.57. The molecule has 0 aromatic heterocycles. The van der Waals surface area contributed by atoms with Crippen molar-refractivity contribution >= 4 is 11.6 Å². The summed E-state index contributed by atoms with van der Waals surface area (Å²) in [5, 5.41) is 6.22. The molecule has 1 amide bonds. The van der Waals surface area contributed by atoms with E-state index < -0.39 is 0 Å². The van der Waals surface area contributed by atoms with Crippen LogP contribution in [0.25, 0.3) is 0 Å². The van der Waals surface area contributed by atoms with Crippen LogP contribution in [-0.2, 0) is 10.2 Å². The van der Waals surface area contributed by atoms with E-state index in [0.717, 1.165) is 5.69 Å². The summed E-state index contributed by atoms with van der Waals surface area (Å²) >= 11 is 0. The van der Waals surface area contributed by atoms with Gasteiger partial charge in [-0.15, -0.1) is 0 Å². The molecule has 1 aliphatic carbocycles. The zero-order chi connectivity index (χ0) is 13.2. The summed E-state index contributed by atoms with van der Waals surface area (Å²) in [6.07, 6.45) is 2.40. The maximum absolute atomic E-state index is 11.9. The summed E-state index contributed by atoms with van der Waals surface area (Å²) < 4.78 is 0. The molecule has 3 nitrogen and oxygen atoms in total. The first-order valence-corrected chi connectivity index (χ1v) is 6.59. The predicted octanol–water partition coefficient (Wildman–Crippen LogP) is 2.67. The monoisotopic (exact) mass is 246 g/mol. The van der Waals surface area contributed by atoms with E-state index in [1.54, 1.807) is 0 Å². The number of rotatable bonds is 4. The van der Waals surface area contributed by atoms with Gasteiger partial charge in [-0.05, 0) is 29.9 Å². The molecule has 1 saturated carbocycles. The van der Waals surface area contributed by atoms with Gasteiger partial charge in [0.15, 0.2) is 0 Å². The lowest BCUT2D eigenvalue weighted by atomic mass is 9.86. The molecule has 1 aromatic carbocycles. The van der Waals surface area contributed by atoms with E-state index in [9.17, 15) is 4.79 Å². The fourth-order valence-corrected chi connectivity index (χ4v) is 1.97. The fourth-order valence-electron chi connectivity index (χ4n) is 1.97. The quantitative estimate of drug-likeness (QED) is 0.857. The minimum absolute atomic E-state index is 0.0355. The van der Waals surface area contributed by atoms with Gasteiger partial charge >= 0.3 is 0 Å². The van der Waals surface area contributed by atoms with E-state index in [2.05, 4.69) is 37.5 Å². The second kappa shape index (κ2) is 5.11. The number of benzene rings is 1. The number of hydrogen-bond acceptors (Lipinski definition) is 2. The van der Waals surface area contributed by atoms with Crippen molar-refractivity contribution in [1.82, 2.24) is 5.32 Å². The highest BCUT2D eigenvalue weighted by molar-refractivity contribution is 5.93. The molecule has 0 heterocycles. The number of nitrogens with one attached hydrogen (secondary N) is 2. The number of carbonyl (C=O) groups is 1. The number of anilines is 1. The van der Waals surface area contributed by atoms with Crippen LogP contribution < -0.4 is 10.6 Å². The molecule has 1 fully saturated rings. The largest absolute Gasteiger partial charge is 0.325 e. The average molecular weight is 246 g/mol. The molecule has 0 atom stereocenters. The van der Waals surface area contributed by atoms with Crippen LogP contribution in [0.2, 0.25) is 0 Å². The van der Waals surface area contributed by atoms with Gasteiger partial charge in [-0.1, -0.05) is 39.0 Å². The molecule has 0 radical (unpaired) electrons. The van der Waals surface area contributed by atoms with Crippen LogP contribution in [-0.4, -0.2) is 18.5 Å². The van der Waals surface area contributed by atoms with Crippen molar-refractivity contribution in [2.24, 2.45) is 0 Å². The Labute approximate surface area is 109 Å². The fraction of sp³-hybridized carbons (Fsp3) is 0.533. The summed E-state index contributed by atoms with van der Waals surface area (Å²) in [5.41, 5.74) is 2.13. The molecule has 2 N–H and O–H groups in total. The number of carbonyl (C=O) groups excluding carboxylic acids is 1. The average Bonchev–Trinajstić information content (AvgIpc) is 3.09. The Hall–Kier alpha value is -1.35. The Bertz CT molecular complexity index is 430. The van der Waals surface area contributed by atoms with E-state index in [1.807, 2.05) is 18.2 Å². The molecular formula is C15H22N2O. The van der Waals surface area contributed by atoms with Gasteiger partial charge in [0.25, 0.3) is 0 Å². The zero-order valence-electron chi connectivity index (χ0n) is 11.4. The molecule has 98 valence electrons. The lowest BCUT2D eigenvalue weighted by molar-refractivity contribution is -0.115.